The van der Waals surface area contributed by atoms with Crippen LogP contribution in [0, 0.1) is 6.07 Å². The van der Waals surface area contributed by atoms with Gasteiger partial charge in [0.05, 0.1) is 5.41 Å². The average molecular weight is 317 g/mol. The monoisotopic (exact) mass is 317 g/mol. The molecule has 0 atom stereocenters. The Balaban J connectivity index is 1.98. The van der Waals surface area contributed by atoms with E-state index >= 15 is 0 Å². The summed E-state index contributed by atoms with van der Waals surface area (Å²) in [5.74, 6) is 0. The Bertz CT molecular complexity index is 943. The van der Waals surface area contributed by atoms with Crippen molar-refractivity contribution in [1.82, 2.24) is 0 Å². The van der Waals surface area contributed by atoms with Crippen molar-refractivity contribution >= 4 is 0 Å². The van der Waals surface area contributed by atoms with Crippen LogP contribution in [-0.2, 0) is 5.41 Å². The standard InChI is InChI=1S/C25H17/c1-3-11-19(12-4-1)25(20-13-5-2-6-14-20)23-17-9-7-15-21(23)22-16-8-10-18-24(22)25/h1-17H. The van der Waals surface area contributed by atoms with Gasteiger partial charge in [0.1, 0.15) is 0 Å². The second kappa shape index (κ2) is 5.46. The van der Waals surface area contributed by atoms with Crippen LogP contribution in [0.15, 0.2) is 103 Å². The van der Waals surface area contributed by atoms with Crippen LogP contribution in [0.5, 0.6) is 0 Å². The molecule has 0 saturated heterocycles. The second-order valence-corrected chi connectivity index (χ2v) is 6.49. The first-order valence-corrected chi connectivity index (χ1v) is 8.64. The highest BCUT2D eigenvalue weighted by molar-refractivity contribution is 5.85. The molecule has 0 fully saturated rings. The molecule has 0 heteroatoms. The first kappa shape index (κ1) is 14.2. The van der Waals surface area contributed by atoms with Crippen molar-refractivity contribution in [2.75, 3.05) is 0 Å². The SMILES string of the molecule is [c]1cccc2c1C(c1ccccc1)(c1ccccc1)c1ccccc1-2. The molecular weight excluding hydrogens is 300 g/mol. The summed E-state index contributed by atoms with van der Waals surface area (Å²) in [5.41, 5.74) is 7.44. The molecule has 4 aromatic carbocycles. The van der Waals surface area contributed by atoms with Crippen molar-refractivity contribution in [2.45, 2.75) is 5.41 Å². The van der Waals surface area contributed by atoms with Crippen molar-refractivity contribution in [3.63, 3.8) is 0 Å². The van der Waals surface area contributed by atoms with Gasteiger partial charge in [0.2, 0.25) is 0 Å². The zero-order valence-electron chi connectivity index (χ0n) is 13.8. The lowest BCUT2D eigenvalue weighted by Crippen LogP contribution is -2.28. The predicted molar refractivity (Wildman–Crippen MR) is 103 cm³/mol. The van der Waals surface area contributed by atoms with Crippen LogP contribution in [0.1, 0.15) is 22.3 Å². The van der Waals surface area contributed by atoms with E-state index in [1.54, 1.807) is 0 Å². The molecule has 1 radical (unpaired) electrons. The molecule has 5 rings (SSSR count). The van der Waals surface area contributed by atoms with Crippen molar-refractivity contribution < 1.29 is 0 Å². The van der Waals surface area contributed by atoms with E-state index in [2.05, 4.69) is 103 Å². The number of benzene rings is 4. The third kappa shape index (κ3) is 1.88. The molecule has 0 bridgehead atoms. The van der Waals surface area contributed by atoms with Gasteiger partial charge in [0.25, 0.3) is 0 Å². The Morgan fingerprint density at radius 2 is 1.08 bits per heavy atom. The lowest BCUT2D eigenvalue weighted by molar-refractivity contribution is 0.767. The Labute approximate surface area is 148 Å². The molecule has 0 N–H and O–H groups in total. The van der Waals surface area contributed by atoms with Gasteiger partial charge in [-0.2, -0.15) is 0 Å². The quantitative estimate of drug-likeness (QED) is 0.383. The molecular formula is C25H17. The van der Waals surface area contributed by atoms with E-state index in [1.165, 1.54) is 33.4 Å². The molecule has 0 saturated carbocycles. The Hall–Kier alpha value is -3.12. The first-order valence-electron chi connectivity index (χ1n) is 8.64. The summed E-state index contributed by atoms with van der Waals surface area (Å²) in [4.78, 5) is 0. The van der Waals surface area contributed by atoms with Gasteiger partial charge in [-0.25, -0.2) is 0 Å². The zero-order valence-corrected chi connectivity index (χ0v) is 13.8. The summed E-state index contributed by atoms with van der Waals surface area (Å²) in [6.45, 7) is 0. The van der Waals surface area contributed by atoms with Gasteiger partial charge in [-0.05, 0) is 39.4 Å². The second-order valence-electron chi connectivity index (χ2n) is 6.49. The van der Waals surface area contributed by atoms with E-state index in [0.717, 1.165) is 0 Å². The van der Waals surface area contributed by atoms with Crippen LogP contribution in [0.4, 0.5) is 0 Å². The minimum atomic E-state index is -0.310. The van der Waals surface area contributed by atoms with Gasteiger partial charge >= 0.3 is 0 Å². The minimum absolute atomic E-state index is 0.310. The van der Waals surface area contributed by atoms with E-state index in [9.17, 15) is 0 Å². The van der Waals surface area contributed by atoms with E-state index in [4.69, 9.17) is 0 Å². The lowest BCUT2D eigenvalue weighted by Gasteiger charge is -2.33. The fourth-order valence-corrected chi connectivity index (χ4v) is 4.29. The van der Waals surface area contributed by atoms with Crippen LogP contribution >= 0.6 is 0 Å². The molecule has 1 aliphatic carbocycles. The van der Waals surface area contributed by atoms with Crippen LogP contribution in [0.2, 0.25) is 0 Å². The number of fused-ring (bicyclic) bond motifs is 3. The third-order valence-electron chi connectivity index (χ3n) is 5.27. The van der Waals surface area contributed by atoms with Crippen LogP contribution < -0.4 is 0 Å². The smallest absolute Gasteiger partial charge is 0.0622 e. The van der Waals surface area contributed by atoms with Gasteiger partial charge in [-0.3, -0.25) is 0 Å². The maximum atomic E-state index is 3.58. The highest BCUT2D eigenvalue weighted by Crippen LogP contribution is 2.55. The van der Waals surface area contributed by atoms with E-state index in [1.807, 2.05) is 6.07 Å². The zero-order chi connectivity index (χ0) is 16.7. The van der Waals surface area contributed by atoms with Gasteiger partial charge in [-0.1, -0.05) is 103 Å². The van der Waals surface area contributed by atoms with E-state index < -0.39 is 0 Å². The summed E-state index contributed by atoms with van der Waals surface area (Å²) in [5, 5.41) is 0. The molecule has 0 heterocycles. The summed E-state index contributed by atoms with van der Waals surface area (Å²) >= 11 is 0. The Morgan fingerprint density at radius 1 is 0.520 bits per heavy atom. The van der Waals surface area contributed by atoms with Crippen LogP contribution in [0.3, 0.4) is 0 Å². The van der Waals surface area contributed by atoms with Gasteiger partial charge < -0.3 is 0 Å². The van der Waals surface area contributed by atoms with Gasteiger partial charge in [0.15, 0.2) is 0 Å². The largest absolute Gasteiger partial charge is 0.0719 e. The molecule has 4 aromatic rings. The number of rotatable bonds is 2. The number of hydrogen-bond acceptors (Lipinski definition) is 0. The fraction of sp³-hybridized carbons (Fsp3) is 0.0400. The van der Waals surface area contributed by atoms with Crippen LogP contribution in [0.25, 0.3) is 11.1 Å². The Kier molecular flexibility index (Phi) is 3.11. The predicted octanol–water partition coefficient (Wildman–Crippen LogP) is 5.85. The summed E-state index contributed by atoms with van der Waals surface area (Å²) < 4.78 is 0. The molecule has 0 amide bonds. The fourth-order valence-electron chi connectivity index (χ4n) is 4.29. The third-order valence-corrected chi connectivity index (χ3v) is 5.27. The highest BCUT2D eigenvalue weighted by Gasteiger charge is 2.45. The summed E-state index contributed by atoms with van der Waals surface area (Å²) in [7, 11) is 0. The summed E-state index contributed by atoms with van der Waals surface area (Å²) in [6.07, 6.45) is 0. The van der Waals surface area contributed by atoms with Crippen molar-refractivity contribution in [3.05, 3.63) is 131 Å². The molecule has 0 aliphatic heterocycles. The molecule has 0 spiro atoms. The normalized spacial score (nSPS) is 13.9. The Morgan fingerprint density at radius 3 is 1.76 bits per heavy atom. The van der Waals surface area contributed by atoms with Crippen molar-refractivity contribution in [2.24, 2.45) is 0 Å². The molecule has 25 heavy (non-hydrogen) atoms. The minimum Gasteiger partial charge on any atom is -0.0622 e. The van der Waals surface area contributed by atoms with Gasteiger partial charge in [-0.15, -0.1) is 0 Å². The number of hydrogen-bond donors (Lipinski definition) is 0. The van der Waals surface area contributed by atoms with E-state index in [0.29, 0.717) is 0 Å². The highest BCUT2D eigenvalue weighted by atomic mass is 14.5. The van der Waals surface area contributed by atoms with E-state index in [-0.39, 0.29) is 5.41 Å². The average Bonchev–Trinajstić information content (AvgIpc) is 3.01. The lowest BCUT2D eigenvalue weighted by atomic mass is 9.68. The van der Waals surface area contributed by atoms with Crippen molar-refractivity contribution in [3.8, 4) is 11.1 Å². The molecule has 117 valence electrons. The maximum absolute atomic E-state index is 3.58. The molecule has 0 unspecified atom stereocenters. The molecule has 0 nitrogen and oxygen atoms in total. The molecule has 1 aliphatic rings. The summed E-state index contributed by atoms with van der Waals surface area (Å²) in [6, 6.07) is 40.3. The van der Waals surface area contributed by atoms with Crippen LogP contribution in [-0.4, -0.2) is 0 Å². The maximum Gasteiger partial charge on any atom is 0.0719 e. The topological polar surface area (TPSA) is 0 Å². The molecule has 0 aromatic heterocycles. The first-order chi connectivity index (χ1) is 12.4. The van der Waals surface area contributed by atoms with Crippen molar-refractivity contribution in [1.29, 1.82) is 0 Å². The van der Waals surface area contributed by atoms with Gasteiger partial charge in [0, 0.05) is 0 Å².